The van der Waals surface area contributed by atoms with Crippen LogP contribution in [0.25, 0.3) is 10.2 Å². The van der Waals surface area contributed by atoms with Gasteiger partial charge in [0.25, 0.3) is 5.91 Å². The highest BCUT2D eigenvalue weighted by Crippen LogP contribution is 2.41. The molecule has 0 radical (unpaired) electrons. The fourth-order valence-electron chi connectivity index (χ4n) is 5.71. The summed E-state index contributed by atoms with van der Waals surface area (Å²) >= 11 is 7.65. The van der Waals surface area contributed by atoms with Crippen LogP contribution in [-0.4, -0.2) is 69.8 Å². The second-order valence-electron chi connectivity index (χ2n) is 9.43. The number of carbonyl (C=O) groups is 4. The van der Waals surface area contributed by atoms with Gasteiger partial charge in [0.1, 0.15) is 18.3 Å². The van der Waals surface area contributed by atoms with Crippen LogP contribution in [0.1, 0.15) is 49.0 Å². The number of aromatic nitrogens is 1. The van der Waals surface area contributed by atoms with Crippen molar-refractivity contribution in [2.75, 3.05) is 13.2 Å². The number of nitrogens with zero attached hydrogens (tertiary/aromatic N) is 1. The first-order valence-corrected chi connectivity index (χ1v) is 12.9. The quantitative estimate of drug-likeness (QED) is 0.455. The van der Waals surface area contributed by atoms with Crippen molar-refractivity contribution in [1.29, 1.82) is 0 Å². The van der Waals surface area contributed by atoms with E-state index in [9.17, 15) is 24.3 Å². The summed E-state index contributed by atoms with van der Waals surface area (Å²) < 4.78 is 0.875. The SMILES string of the molecule is O=C1NCC[C@H]1C[C@@H](NC(=O)[C@H]1C2CCC(CC2)N1C(=O)c1cc2scc(Cl)c2[nH]1)C(=O)CO. The van der Waals surface area contributed by atoms with E-state index in [1.54, 1.807) is 16.3 Å². The Morgan fingerprint density at radius 1 is 1.24 bits per heavy atom. The van der Waals surface area contributed by atoms with Crippen LogP contribution in [0.2, 0.25) is 5.02 Å². The Balaban J connectivity index is 1.38. The van der Waals surface area contributed by atoms with Gasteiger partial charge >= 0.3 is 0 Å². The molecular weight excluding hydrogens is 480 g/mol. The fraction of sp³-hybridized carbons (Fsp3) is 0.565. The number of aliphatic hydroxyl groups is 1. The van der Waals surface area contributed by atoms with Gasteiger partial charge in [-0.15, -0.1) is 11.3 Å². The molecule has 3 amide bonds. The lowest BCUT2D eigenvalue weighted by Gasteiger charge is -2.50. The number of fused-ring (bicyclic) bond motifs is 4. The van der Waals surface area contributed by atoms with E-state index in [0.29, 0.717) is 29.2 Å². The first kappa shape index (κ1) is 23.3. The van der Waals surface area contributed by atoms with Crippen LogP contribution >= 0.6 is 22.9 Å². The molecule has 4 aliphatic rings. The summed E-state index contributed by atoms with van der Waals surface area (Å²) in [6, 6.07) is 0.0293. The Morgan fingerprint density at radius 3 is 2.65 bits per heavy atom. The van der Waals surface area contributed by atoms with Crippen molar-refractivity contribution in [2.45, 2.75) is 56.7 Å². The fourth-order valence-corrected chi connectivity index (χ4v) is 6.86. The molecule has 182 valence electrons. The number of piperidine rings is 2. The van der Waals surface area contributed by atoms with Crippen LogP contribution in [0.5, 0.6) is 0 Å². The lowest BCUT2D eigenvalue weighted by Crippen LogP contribution is -2.64. The molecule has 34 heavy (non-hydrogen) atoms. The highest BCUT2D eigenvalue weighted by atomic mass is 35.5. The van der Waals surface area contributed by atoms with Crippen molar-refractivity contribution >= 4 is 56.7 Å². The number of hydrogen-bond acceptors (Lipinski definition) is 6. The lowest BCUT2D eigenvalue weighted by atomic mass is 9.74. The Morgan fingerprint density at radius 2 is 2.00 bits per heavy atom. The van der Waals surface area contributed by atoms with E-state index in [4.69, 9.17) is 11.6 Å². The van der Waals surface area contributed by atoms with Crippen molar-refractivity contribution in [3.8, 4) is 0 Å². The summed E-state index contributed by atoms with van der Waals surface area (Å²) in [7, 11) is 0. The molecular formula is C23H27ClN4O5S. The summed E-state index contributed by atoms with van der Waals surface area (Å²) in [5.41, 5.74) is 1.10. The summed E-state index contributed by atoms with van der Waals surface area (Å²) in [6.45, 7) is -0.192. The smallest absolute Gasteiger partial charge is 0.271 e. The number of halogens is 1. The molecule has 2 bridgehead atoms. The standard InChI is InChI=1S/C23H27ClN4O5S/c24-14-10-34-18-8-16(26-19(14)18)23(33)28-13-3-1-11(2-4-13)20(28)22(32)27-15(17(30)9-29)7-12-5-6-25-21(12)31/h8,10-13,15,20,26,29H,1-7,9H2,(H,25,31)(H,27,32)/t11?,12-,13?,15+,20+/m0/s1. The van der Waals surface area contributed by atoms with E-state index in [-0.39, 0.29) is 30.2 Å². The lowest BCUT2D eigenvalue weighted by molar-refractivity contribution is -0.137. The Kier molecular flexibility index (Phi) is 6.39. The van der Waals surface area contributed by atoms with E-state index < -0.39 is 36.3 Å². The molecule has 9 nitrogen and oxygen atoms in total. The summed E-state index contributed by atoms with van der Waals surface area (Å²) in [5, 5.41) is 17.3. The first-order chi connectivity index (χ1) is 16.4. The molecule has 3 atom stereocenters. The maximum Gasteiger partial charge on any atom is 0.271 e. The summed E-state index contributed by atoms with van der Waals surface area (Å²) in [5.74, 6) is -1.74. The molecule has 2 aromatic rings. The Bertz CT molecular complexity index is 1140. The number of rotatable bonds is 7. The Hall–Kier alpha value is -2.43. The molecule has 0 spiro atoms. The van der Waals surface area contributed by atoms with Gasteiger partial charge in [-0.3, -0.25) is 19.2 Å². The molecule has 4 fully saturated rings. The van der Waals surface area contributed by atoms with Gasteiger partial charge in [-0.25, -0.2) is 0 Å². The van der Waals surface area contributed by atoms with Crippen molar-refractivity contribution in [3.63, 3.8) is 0 Å². The number of carbonyl (C=O) groups excluding carboxylic acids is 4. The normalized spacial score (nSPS) is 27.1. The number of aliphatic hydroxyl groups excluding tert-OH is 1. The van der Waals surface area contributed by atoms with Gasteiger partial charge in [0.15, 0.2) is 5.78 Å². The maximum absolute atomic E-state index is 13.6. The predicted octanol–water partition coefficient (Wildman–Crippen LogP) is 1.84. The largest absolute Gasteiger partial charge is 0.389 e. The van der Waals surface area contributed by atoms with Crippen LogP contribution in [-0.2, 0) is 14.4 Å². The molecule has 1 saturated carbocycles. The molecule has 11 heteroatoms. The monoisotopic (exact) mass is 506 g/mol. The van der Waals surface area contributed by atoms with Crippen LogP contribution in [0, 0.1) is 11.8 Å². The summed E-state index contributed by atoms with van der Waals surface area (Å²) in [4.78, 5) is 56.3. The average molecular weight is 507 g/mol. The van der Waals surface area contributed by atoms with Gasteiger partial charge in [0.05, 0.1) is 21.3 Å². The van der Waals surface area contributed by atoms with E-state index in [0.717, 1.165) is 30.4 Å². The topological polar surface area (TPSA) is 132 Å². The third kappa shape index (κ3) is 4.12. The molecule has 1 aliphatic carbocycles. The van der Waals surface area contributed by atoms with E-state index in [2.05, 4.69) is 15.6 Å². The second-order valence-corrected chi connectivity index (χ2v) is 10.7. The van der Waals surface area contributed by atoms with Gasteiger partial charge in [-0.2, -0.15) is 0 Å². The highest BCUT2D eigenvalue weighted by Gasteiger charge is 2.48. The molecule has 0 unspecified atom stereocenters. The number of amides is 3. The van der Waals surface area contributed by atoms with Gasteiger partial charge in [-0.1, -0.05) is 11.6 Å². The second kappa shape index (κ2) is 9.31. The Labute approximate surface area is 205 Å². The van der Waals surface area contributed by atoms with E-state index in [1.807, 2.05) is 0 Å². The molecule has 3 saturated heterocycles. The molecule has 0 aromatic carbocycles. The zero-order valence-electron chi connectivity index (χ0n) is 18.5. The van der Waals surface area contributed by atoms with Crippen LogP contribution in [0.15, 0.2) is 11.4 Å². The number of nitrogens with one attached hydrogen (secondary N) is 3. The van der Waals surface area contributed by atoms with Crippen molar-refractivity contribution in [2.24, 2.45) is 11.8 Å². The minimum absolute atomic E-state index is 0.00623. The van der Waals surface area contributed by atoms with E-state index in [1.165, 1.54) is 11.3 Å². The molecule has 2 aromatic heterocycles. The third-order valence-electron chi connectivity index (χ3n) is 7.47. The number of H-pyrrole nitrogens is 1. The predicted molar refractivity (Wildman–Crippen MR) is 127 cm³/mol. The minimum Gasteiger partial charge on any atom is -0.389 e. The molecule has 6 rings (SSSR count). The first-order valence-electron chi connectivity index (χ1n) is 11.7. The van der Waals surface area contributed by atoms with Gasteiger partial charge in [0, 0.05) is 23.9 Å². The number of ketones is 1. The number of Topliss-reactive ketones (excluding diaryl/α,β-unsaturated/α-hetero) is 1. The molecule has 4 N–H and O–H groups in total. The molecule has 3 aliphatic heterocycles. The van der Waals surface area contributed by atoms with Crippen molar-refractivity contribution < 1.29 is 24.3 Å². The van der Waals surface area contributed by atoms with Crippen molar-refractivity contribution in [3.05, 3.63) is 22.2 Å². The zero-order chi connectivity index (χ0) is 24.0. The minimum atomic E-state index is -0.974. The van der Waals surface area contributed by atoms with Gasteiger partial charge < -0.3 is 25.6 Å². The average Bonchev–Trinajstić information content (AvgIpc) is 3.55. The van der Waals surface area contributed by atoms with Crippen LogP contribution < -0.4 is 10.6 Å². The van der Waals surface area contributed by atoms with Crippen LogP contribution in [0.3, 0.4) is 0 Å². The molecule has 5 heterocycles. The zero-order valence-corrected chi connectivity index (χ0v) is 20.1. The number of aromatic amines is 1. The van der Waals surface area contributed by atoms with Crippen LogP contribution in [0.4, 0.5) is 0 Å². The summed E-state index contributed by atoms with van der Waals surface area (Å²) in [6.07, 6.45) is 4.05. The maximum atomic E-state index is 13.6. The number of hydrogen-bond donors (Lipinski definition) is 4. The third-order valence-corrected chi connectivity index (χ3v) is 8.83. The van der Waals surface area contributed by atoms with Crippen molar-refractivity contribution in [1.82, 2.24) is 20.5 Å². The number of thiophene rings is 1. The highest BCUT2D eigenvalue weighted by molar-refractivity contribution is 7.17. The van der Waals surface area contributed by atoms with Gasteiger partial charge in [0.2, 0.25) is 11.8 Å². The van der Waals surface area contributed by atoms with Gasteiger partial charge in [-0.05, 0) is 50.5 Å². The van der Waals surface area contributed by atoms with E-state index >= 15 is 0 Å².